The van der Waals surface area contributed by atoms with Crippen molar-refractivity contribution < 1.29 is 18.7 Å². The van der Waals surface area contributed by atoms with Gasteiger partial charge in [-0.05, 0) is 13.8 Å². The molecule has 2 rings (SSSR count). The third-order valence-corrected chi connectivity index (χ3v) is 3.87. The number of hydrogen-bond donors (Lipinski definition) is 2. The van der Waals surface area contributed by atoms with Gasteiger partial charge in [-0.25, -0.2) is 15.0 Å². The zero-order valence-corrected chi connectivity index (χ0v) is 12.7. The maximum atomic E-state index is 11.5. The van der Waals surface area contributed by atoms with Crippen LogP contribution < -0.4 is 5.73 Å². The number of nitrogens with two attached hydrogens (primary N) is 1. The lowest BCUT2D eigenvalue weighted by Crippen LogP contribution is -2.17. The minimum absolute atomic E-state index is 0.161. The van der Waals surface area contributed by atoms with Crippen molar-refractivity contribution in [2.45, 2.75) is 26.5 Å². The smallest absolute Gasteiger partial charge is 0.353 e. The summed E-state index contributed by atoms with van der Waals surface area (Å²) in [6.45, 7) is 4.00. The monoisotopic (exact) mass is 315 g/mol. The quantitative estimate of drug-likeness (QED) is 0.725. The van der Waals surface area contributed by atoms with Crippen LogP contribution in [0, 0.1) is 0 Å². The summed E-state index contributed by atoms with van der Waals surface area (Å²) in [5.74, 6) is 0.309. The number of nitrogens with zero attached hydrogens (tertiary/aromatic N) is 4. The molecule has 0 aromatic carbocycles. The molecule has 0 saturated carbocycles. The second-order valence-electron chi connectivity index (χ2n) is 4.49. The maximum absolute atomic E-state index is 11.5. The van der Waals surface area contributed by atoms with Crippen molar-refractivity contribution in [2.24, 2.45) is 0 Å². The van der Waals surface area contributed by atoms with E-state index in [4.69, 9.17) is 15.0 Å². The van der Waals surface area contributed by atoms with E-state index in [1.165, 1.54) is 6.33 Å². The number of imidazole rings is 1. The molecular formula is C11H18N5O4P. The highest BCUT2D eigenvalue weighted by Crippen LogP contribution is 2.41. The Morgan fingerprint density at radius 2 is 2.24 bits per heavy atom. The normalized spacial score (nSPS) is 16.0. The average molecular weight is 315 g/mol. The summed E-state index contributed by atoms with van der Waals surface area (Å²) in [5.41, 5.74) is 6.82. The van der Waals surface area contributed by atoms with E-state index in [9.17, 15) is 9.46 Å². The van der Waals surface area contributed by atoms with Gasteiger partial charge in [0.15, 0.2) is 11.5 Å². The molecule has 10 heteroatoms. The van der Waals surface area contributed by atoms with Crippen molar-refractivity contribution in [1.29, 1.82) is 0 Å². The summed E-state index contributed by atoms with van der Waals surface area (Å²) < 4.78 is 23.4. The highest BCUT2D eigenvalue weighted by Gasteiger charge is 2.20. The predicted molar refractivity (Wildman–Crippen MR) is 76.6 cm³/mol. The summed E-state index contributed by atoms with van der Waals surface area (Å²) in [6, 6.07) is 0. The summed E-state index contributed by atoms with van der Waals surface area (Å²) >= 11 is 0. The lowest BCUT2D eigenvalue weighted by molar-refractivity contribution is 0.0723. The maximum Gasteiger partial charge on any atom is 0.353 e. The lowest BCUT2D eigenvalue weighted by atomic mass is 10.4. The molecule has 21 heavy (non-hydrogen) atoms. The van der Waals surface area contributed by atoms with Gasteiger partial charge in [0.05, 0.1) is 25.6 Å². The lowest BCUT2D eigenvalue weighted by Gasteiger charge is -2.16. The molecule has 0 spiro atoms. The zero-order chi connectivity index (χ0) is 15.5. The van der Waals surface area contributed by atoms with Crippen LogP contribution >= 0.6 is 7.60 Å². The van der Waals surface area contributed by atoms with E-state index in [1.807, 2.05) is 0 Å². The van der Waals surface area contributed by atoms with Crippen molar-refractivity contribution in [3.05, 3.63) is 12.7 Å². The zero-order valence-electron chi connectivity index (χ0n) is 11.8. The van der Waals surface area contributed by atoms with Gasteiger partial charge in [0.1, 0.15) is 18.2 Å². The SMILES string of the molecule is CCOP(=O)(O)COC(C)Cn1cnc2c(N)ncnc21. The van der Waals surface area contributed by atoms with E-state index in [-0.39, 0.29) is 19.1 Å². The molecule has 3 N–H and O–H groups in total. The first-order valence-corrected chi connectivity index (χ1v) is 8.18. The first-order valence-electron chi connectivity index (χ1n) is 6.42. The first kappa shape index (κ1) is 15.8. The van der Waals surface area contributed by atoms with Gasteiger partial charge in [-0.15, -0.1) is 0 Å². The number of aromatic nitrogens is 4. The van der Waals surface area contributed by atoms with Crippen molar-refractivity contribution in [2.75, 3.05) is 18.7 Å². The molecule has 116 valence electrons. The number of hydrogen-bond acceptors (Lipinski definition) is 7. The molecule has 0 fully saturated rings. The van der Waals surface area contributed by atoms with Gasteiger partial charge >= 0.3 is 7.60 Å². The van der Waals surface area contributed by atoms with E-state index >= 15 is 0 Å². The van der Waals surface area contributed by atoms with Crippen molar-refractivity contribution in [1.82, 2.24) is 19.5 Å². The third kappa shape index (κ3) is 3.98. The van der Waals surface area contributed by atoms with Gasteiger partial charge in [0.2, 0.25) is 0 Å². The van der Waals surface area contributed by atoms with Crippen LogP contribution in [-0.2, 0) is 20.4 Å². The third-order valence-electron chi connectivity index (χ3n) is 2.74. The number of anilines is 1. The summed E-state index contributed by atoms with van der Waals surface area (Å²) in [4.78, 5) is 21.6. The fraction of sp³-hybridized carbons (Fsp3) is 0.545. The van der Waals surface area contributed by atoms with E-state index in [1.54, 1.807) is 24.7 Å². The molecule has 0 radical (unpaired) electrons. The van der Waals surface area contributed by atoms with Crippen LogP contribution in [0.4, 0.5) is 5.82 Å². The molecule has 0 aliphatic rings. The molecular weight excluding hydrogens is 297 g/mol. The highest BCUT2D eigenvalue weighted by atomic mass is 31.2. The second-order valence-corrected chi connectivity index (χ2v) is 6.28. The highest BCUT2D eigenvalue weighted by molar-refractivity contribution is 7.52. The summed E-state index contributed by atoms with van der Waals surface area (Å²) in [5, 5.41) is 0. The molecule has 0 saturated heterocycles. The molecule has 2 heterocycles. The number of ether oxygens (including phenoxy) is 1. The van der Waals surface area contributed by atoms with E-state index < -0.39 is 7.60 Å². The van der Waals surface area contributed by atoms with E-state index in [0.29, 0.717) is 23.5 Å². The van der Waals surface area contributed by atoms with Gasteiger partial charge in [-0.3, -0.25) is 4.57 Å². The van der Waals surface area contributed by atoms with Crippen molar-refractivity contribution >= 4 is 24.6 Å². The molecule has 0 aliphatic carbocycles. The Kier molecular flexibility index (Phi) is 4.89. The van der Waals surface area contributed by atoms with Crippen molar-refractivity contribution in [3.8, 4) is 0 Å². The number of rotatable bonds is 7. The molecule has 9 nitrogen and oxygen atoms in total. The summed E-state index contributed by atoms with van der Waals surface area (Å²) in [6.07, 6.45) is 2.26. The van der Waals surface area contributed by atoms with Crippen LogP contribution in [0.25, 0.3) is 11.2 Å². The average Bonchev–Trinajstić information content (AvgIpc) is 2.81. The Bertz CT molecular complexity index is 661. The second kappa shape index (κ2) is 6.48. The molecule has 0 amide bonds. The fourth-order valence-corrected chi connectivity index (χ4v) is 2.74. The molecule has 2 aromatic heterocycles. The Labute approximate surface area is 121 Å². The molecule has 2 aromatic rings. The van der Waals surface area contributed by atoms with Crippen LogP contribution in [0.3, 0.4) is 0 Å². The van der Waals surface area contributed by atoms with Crippen LogP contribution in [-0.4, -0.2) is 43.5 Å². The Balaban J connectivity index is 2.00. The summed E-state index contributed by atoms with van der Waals surface area (Å²) in [7, 11) is -3.69. The number of nitrogen functional groups attached to an aromatic ring is 1. The van der Waals surface area contributed by atoms with Gasteiger partial charge < -0.3 is 24.5 Å². The Morgan fingerprint density at radius 3 is 2.95 bits per heavy atom. The molecule has 2 atom stereocenters. The minimum atomic E-state index is -3.69. The predicted octanol–water partition coefficient (Wildman–Crippen LogP) is 0.993. The van der Waals surface area contributed by atoms with Crippen LogP contribution in [0.2, 0.25) is 0 Å². The van der Waals surface area contributed by atoms with Crippen LogP contribution in [0.1, 0.15) is 13.8 Å². The van der Waals surface area contributed by atoms with Gasteiger partial charge in [0, 0.05) is 0 Å². The molecule has 0 aliphatic heterocycles. The molecule has 2 unspecified atom stereocenters. The largest absolute Gasteiger partial charge is 0.382 e. The van der Waals surface area contributed by atoms with Gasteiger partial charge in [-0.2, -0.15) is 0 Å². The Morgan fingerprint density at radius 1 is 1.48 bits per heavy atom. The van der Waals surface area contributed by atoms with Crippen LogP contribution in [0.5, 0.6) is 0 Å². The van der Waals surface area contributed by atoms with Gasteiger partial charge in [0.25, 0.3) is 0 Å². The fourth-order valence-electron chi connectivity index (χ4n) is 1.82. The van der Waals surface area contributed by atoms with Gasteiger partial charge in [-0.1, -0.05) is 0 Å². The Hall–Kier alpha value is -1.54. The number of fused-ring (bicyclic) bond motifs is 1. The first-order chi connectivity index (χ1) is 9.93. The molecule has 0 bridgehead atoms. The van der Waals surface area contributed by atoms with E-state index in [2.05, 4.69) is 15.0 Å². The van der Waals surface area contributed by atoms with Crippen molar-refractivity contribution in [3.63, 3.8) is 0 Å². The standard InChI is InChI=1S/C11H18N5O4P/c1-3-20-21(17,18)7-19-8(2)4-16-6-15-9-10(12)13-5-14-11(9)16/h5-6,8H,3-4,7H2,1-2H3,(H,17,18)(H2,12,13,14). The van der Waals surface area contributed by atoms with Crippen LogP contribution in [0.15, 0.2) is 12.7 Å². The minimum Gasteiger partial charge on any atom is -0.382 e. The topological polar surface area (TPSA) is 125 Å². The van der Waals surface area contributed by atoms with E-state index in [0.717, 1.165) is 0 Å².